The quantitative estimate of drug-likeness (QED) is 0.520. The van der Waals surface area contributed by atoms with E-state index in [4.69, 9.17) is 33.2 Å². The lowest BCUT2D eigenvalue weighted by Gasteiger charge is -2.06. The van der Waals surface area contributed by atoms with Gasteiger partial charge in [-0.25, -0.2) is 0 Å². The van der Waals surface area contributed by atoms with E-state index in [1.807, 2.05) is 24.3 Å². The van der Waals surface area contributed by atoms with Gasteiger partial charge in [0.15, 0.2) is 0 Å². The molecule has 2 nitrogen and oxygen atoms in total. The Morgan fingerprint density at radius 2 is 1.81 bits per heavy atom. The van der Waals surface area contributed by atoms with E-state index in [-0.39, 0.29) is 0 Å². The van der Waals surface area contributed by atoms with E-state index in [9.17, 15) is 0 Å². The summed E-state index contributed by atoms with van der Waals surface area (Å²) in [4.78, 5) is 1.10. The fraction of sp³-hybridized carbons (Fsp3) is 0.188. The molecule has 0 aromatic heterocycles. The van der Waals surface area contributed by atoms with Gasteiger partial charge in [-0.1, -0.05) is 23.2 Å². The fourth-order valence-electron chi connectivity index (χ4n) is 1.63. The molecular weight excluding hydrogens is 325 g/mol. The van der Waals surface area contributed by atoms with Gasteiger partial charge in [0, 0.05) is 10.6 Å². The fourth-order valence-corrected chi connectivity index (χ4v) is 2.86. The van der Waals surface area contributed by atoms with Crippen molar-refractivity contribution >= 4 is 35.0 Å². The first kappa shape index (κ1) is 16.0. The molecule has 0 aliphatic carbocycles. The van der Waals surface area contributed by atoms with E-state index in [1.165, 1.54) is 0 Å². The van der Waals surface area contributed by atoms with Crippen LogP contribution in [0.15, 0.2) is 47.4 Å². The van der Waals surface area contributed by atoms with Crippen LogP contribution in [0.25, 0.3) is 0 Å². The van der Waals surface area contributed by atoms with Crippen molar-refractivity contribution in [1.82, 2.24) is 0 Å². The molecule has 0 saturated carbocycles. The minimum atomic E-state index is 0.574. The van der Waals surface area contributed by atoms with E-state index < -0.39 is 0 Å². The van der Waals surface area contributed by atoms with Gasteiger partial charge in [-0.2, -0.15) is 5.26 Å². The Bertz CT molecular complexity index is 638. The third kappa shape index (κ3) is 5.17. The molecule has 0 heterocycles. The van der Waals surface area contributed by atoms with Gasteiger partial charge in [-0.15, -0.1) is 11.8 Å². The molecule has 2 aromatic carbocycles. The molecule has 2 rings (SSSR count). The monoisotopic (exact) mass is 337 g/mol. The maximum atomic E-state index is 8.71. The summed E-state index contributed by atoms with van der Waals surface area (Å²) in [5.41, 5.74) is 0.637. The highest BCUT2D eigenvalue weighted by molar-refractivity contribution is 7.99. The smallest absolute Gasteiger partial charge is 0.119 e. The van der Waals surface area contributed by atoms with Crippen LogP contribution in [0.2, 0.25) is 10.0 Å². The Kier molecular flexibility index (Phi) is 6.25. The number of ether oxygens (including phenoxy) is 1. The average molecular weight is 338 g/mol. The second kappa shape index (κ2) is 8.19. The summed E-state index contributed by atoms with van der Waals surface area (Å²) in [5.74, 6) is 1.72. The topological polar surface area (TPSA) is 33.0 Å². The van der Waals surface area contributed by atoms with E-state index in [1.54, 1.807) is 30.0 Å². The molecule has 0 unspecified atom stereocenters. The Balaban J connectivity index is 1.69. The predicted octanol–water partition coefficient (Wildman–Crippen LogP) is 5.43. The molecule has 108 valence electrons. The van der Waals surface area contributed by atoms with Crippen molar-refractivity contribution in [2.75, 3.05) is 12.4 Å². The van der Waals surface area contributed by atoms with Crippen molar-refractivity contribution in [3.05, 3.63) is 58.1 Å². The van der Waals surface area contributed by atoms with Crippen LogP contribution in [0.5, 0.6) is 5.75 Å². The lowest BCUT2D eigenvalue weighted by atomic mass is 10.2. The molecular formula is C16H13Cl2NOS. The number of hydrogen-bond donors (Lipinski definition) is 0. The molecule has 0 fully saturated rings. The first-order chi connectivity index (χ1) is 10.2. The van der Waals surface area contributed by atoms with Crippen LogP contribution in [0.4, 0.5) is 0 Å². The van der Waals surface area contributed by atoms with Gasteiger partial charge in [-0.3, -0.25) is 0 Å². The van der Waals surface area contributed by atoms with E-state index in [0.717, 1.165) is 22.8 Å². The standard InChI is InChI=1S/C16H13Cl2NOS/c17-15-7-6-14(10-16(15)18)21-9-1-8-20-13-4-2-12(11-19)3-5-13/h2-7,10H,1,8-9H2. The zero-order chi connectivity index (χ0) is 15.1. The van der Waals surface area contributed by atoms with Crippen molar-refractivity contribution in [3.63, 3.8) is 0 Å². The second-order valence-corrected chi connectivity index (χ2v) is 6.25. The van der Waals surface area contributed by atoms with Crippen molar-refractivity contribution in [3.8, 4) is 11.8 Å². The zero-order valence-electron chi connectivity index (χ0n) is 11.2. The third-order valence-corrected chi connectivity index (χ3v) is 4.52. The number of nitriles is 1. The highest BCUT2D eigenvalue weighted by atomic mass is 35.5. The van der Waals surface area contributed by atoms with Crippen molar-refractivity contribution < 1.29 is 4.74 Å². The SMILES string of the molecule is N#Cc1ccc(OCCCSc2ccc(Cl)c(Cl)c2)cc1. The van der Waals surface area contributed by atoms with E-state index in [0.29, 0.717) is 22.2 Å². The third-order valence-electron chi connectivity index (χ3n) is 2.70. The number of halogens is 2. The summed E-state index contributed by atoms with van der Waals surface area (Å²) in [6, 6.07) is 14.8. The van der Waals surface area contributed by atoms with Gasteiger partial charge in [-0.05, 0) is 48.9 Å². The molecule has 0 saturated heterocycles. The molecule has 5 heteroatoms. The van der Waals surface area contributed by atoms with Crippen LogP contribution in [-0.4, -0.2) is 12.4 Å². The summed E-state index contributed by atoms with van der Waals surface area (Å²) in [7, 11) is 0. The van der Waals surface area contributed by atoms with E-state index in [2.05, 4.69) is 6.07 Å². The minimum absolute atomic E-state index is 0.574. The summed E-state index contributed by atoms with van der Waals surface area (Å²) in [5, 5.41) is 9.86. The maximum absolute atomic E-state index is 8.71. The predicted molar refractivity (Wildman–Crippen MR) is 88.5 cm³/mol. The second-order valence-electron chi connectivity index (χ2n) is 4.26. The molecule has 0 atom stereocenters. The van der Waals surface area contributed by atoms with Crippen LogP contribution >= 0.6 is 35.0 Å². The van der Waals surface area contributed by atoms with Gasteiger partial charge in [0.05, 0.1) is 28.3 Å². The molecule has 0 bridgehead atoms. The maximum Gasteiger partial charge on any atom is 0.119 e. The summed E-state index contributed by atoms with van der Waals surface area (Å²) in [6.45, 7) is 0.639. The van der Waals surface area contributed by atoms with Crippen LogP contribution in [-0.2, 0) is 0 Å². The van der Waals surface area contributed by atoms with Crippen molar-refractivity contribution in [1.29, 1.82) is 5.26 Å². The first-order valence-electron chi connectivity index (χ1n) is 6.40. The van der Waals surface area contributed by atoms with Crippen LogP contribution in [0.1, 0.15) is 12.0 Å². The molecule has 0 spiro atoms. The average Bonchev–Trinajstić information content (AvgIpc) is 2.51. The van der Waals surface area contributed by atoms with Gasteiger partial charge in [0.1, 0.15) is 5.75 Å². The number of benzene rings is 2. The Labute approximate surface area is 138 Å². The summed E-state index contributed by atoms with van der Waals surface area (Å²) < 4.78 is 5.62. The normalized spacial score (nSPS) is 10.1. The lowest BCUT2D eigenvalue weighted by molar-refractivity contribution is 0.318. The van der Waals surface area contributed by atoms with Crippen LogP contribution in [0, 0.1) is 11.3 Å². The number of thioether (sulfide) groups is 1. The summed E-state index contributed by atoms with van der Waals surface area (Å²) in [6.07, 6.45) is 0.922. The molecule has 0 radical (unpaired) electrons. The van der Waals surface area contributed by atoms with Crippen molar-refractivity contribution in [2.24, 2.45) is 0 Å². The summed E-state index contributed by atoms with van der Waals surface area (Å²) >= 11 is 13.6. The number of nitrogens with zero attached hydrogens (tertiary/aromatic N) is 1. The molecule has 0 aliphatic heterocycles. The Morgan fingerprint density at radius 1 is 1.05 bits per heavy atom. The Hall–Kier alpha value is -1.34. The molecule has 0 amide bonds. The van der Waals surface area contributed by atoms with E-state index >= 15 is 0 Å². The van der Waals surface area contributed by atoms with Gasteiger partial charge in [0.2, 0.25) is 0 Å². The van der Waals surface area contributed by atoms with Crippen molar-refractivity contribution in [2.45, 2.75) is 11.3 Å². The number of hydrogen-bond acceptors (Lipinski definition) is 3. The zero-order valence-corrected chi connectivity index (χ0v) is 13.5. The first-order valence-corrected chi connectivity index (χ1v) is 8.14. The minimum Gasteiger partial charge on any atom is -0.494 e. The number of rotatable bonds is 6. The highest BCUT2D eigenvalue weighted by Crippen LogP contribution is 2.28. The molecule has 2 aromatic rings. The van der Waals surface area contributed by atoms with Gasteiger partial charge >= 0.3 is 0 Å². The van der Waals surface area contributed by atoms with Gasteiger partial charge in [0.25, 0.3) is 0 Å². The molecule has 21 heavy (non-hydrogen) atoms. The lowest BCUT2D eigenvalue weighted by Crippen LogP contribution is -1.98. The van der Waals surface area contributed by atoms with Gasteiger partial charge < -0.3 is 4.74 Å². The Morgan fingerprint density at radius 3 is 2.48 bits per heavy atom. The molecule has 0 N–H and O–H groups in total. The largest absolute Gasteiger partial charge is 0.494 e. The van der Waals surface area contributed by atoms with Crippen LogP contribution in [0.3, 0.4) is 0 Å². The molecule has 0 aliphatic rings. The highest BCUT2D eigenvalue weighted by Gasteiger charge is 2.00. The van der Waals surface area contributed by atoms with Crippen LogP contribution < -0.4 is 4.74 Å².